The summed E-state index contributed by atoms with van der Waals surface area (Å²) in [5.74, 6) is -1.72. The number of rotatable bonds is 7. The highest BCUT2D eigenvalue weighted by Gasteiger charge is 2.32. The molecule has 0 saturated carbocycles. The van der Waals surface area contributed by atoms with E-state index in [1.165, 1.54) is 16.2 Å². The Balaban J connectivity index is 1.78. The summed E-state index contributed by atoms with van der Waals surface area (Å²) in [6.07, 6.45) is 2.14. The molecule has 1 amide bonds. The number of nitrogens with zero attached hydrogens (tertiary/aromatic N) is 2. The Kier molecular flexibility index (Phi) is 7.74. The van der Waals surface area contributed by atoms with Crippen LogP contribution in [0.2, 0.25) is 10.0 Å². The molecule has 1 saturated heterocycles. The number of amides is 1. The summed E-state index contributed by atoms with van der Waals surface area (Å²) in [6.45, 7) is 2.70. The lowest BCUT2D eigenvalue weighted by atomic mass is 9.84. The normalized spacial score (nSPS) is 20.0. The summed E-state index contributed by atoms with van der Waals surface area (Å²) in [6, 6.07) is 5.12. The molecule has 1 fully saturated rings. The largest absolute Gasteiger partial charge is 0.481 e. The monoisotopic (exact) mass is 470 g/mol. The molecular weight excluding hydrogens is 447 g/mol. The van der Waals surface area contributed by atoms with Crippen molar-refractivity contribution < 1.29 is 19.4 Å². The Bertz CT molecular complexity index is 920. The summed E-state index contributed by atoms with van der Waals surface area (Å²) in [4.78, 5) is 30.6. The van der Waals surface area contributed by atoms with Crippen molar-refractivity contribution in [2.24, 2.45) is 11.8 Å². The number of carbonyl (C=O) groups excluding carboxylic acids is 1. The van der Waals surface area contributed by atoms with E-state index < -0.39 is 11.9 Å². The molecule has 9 heteroatoms. The predicted molar refractivity (Wildman–Crippen MR) is 119 cm³/mol. The van der Waals surface area contributed by atoms with Crippen molar-refractivity contribution in [1.29, 1.82) is 0 Å². The zero-order chi connectivity index (χ0) is 21.8. The number of carboxylic acid groups (broad SMARTS) is 1. The third-order valence-corrected chi connectivity index (χ3v) is 6.92. The number of carbonyl (C=O) groups is 2. The van der Waals surface area contributed by atoms with Gasteiger partial charge < -0.3 is 9.84 Å². The van der Waals surface area contributed by atoms with Crippen molar-refractivity contribution in [2.45, 2.75) is 38.7 Å². The van der Waals surface area contributed by atoms with E-state index in [9.17, 15) is 14.7 Å². The van der Waals surface area contributed by atoms with Crippen molar-refractivity contribution in [1.82, 2.24) is 4.98 Å². The van der Waals surface area contributed by atoms with E-state index in [-0.39, 0.29) is 24.3 Å². The van der Waals surface area contributed by atoms with Gasteiger partial charge in [0.2, 0.25) is 5.91 Å². The third kappa shape index (κ3) is 5.52. The maximum atomic E-state index is 13.2. The number of hydrogen-bond donors (Lipinski definition) is 1. The van der Waals surface area contributed by atoms with Crippen LogP contribution in [0.15, 0.2) is 23.6 Å². The van der Waals surface area contributed by atoms with Crippen LogP contribution in [0, 0.1) is 11.8 Å². The fourth-order valence-corrected chi connectivity index (χ4v) is 4.93. The molecule has 1 aliphatic heterocycles. The van der Waals surface area contributed by atoms with Crippen LogP contribution in [0.5, 0.6) is 0 Å². The van der Waals surface area contributed by atoms with Gasteiger partial charge in [0.25, 0.3) is 0 Å². The fourth-order valence-electron chi connectivity index (χ4n) is 3.75. The van der Waals surface area contributed by atoms with Crippen LogP contribution in [0.25, 0.3) is 11.3 Å². The molecule has 0 bridgehead atoms. The number of halogens is 2. The van der Waals surface area contributed by atoms with Gasteiger partial charge in [-0.1, -0.05) is 23.2 Å². The van der Waals surface area contributed by atoms with Crippen LogP contribution in [-0.2, 0) is 14.3 Å². The average molecular weight is 471 g/mol. The minimum absolute atomic E-state index is 0.0181. The predicted octanol–water partition coefficient (Wildman–Crippen LogP) is 5.38. The number of benzene rings is 1. The number of aromatic nitrogens is 1. The van der Waals surface area contributed by atoms with Gasteiger partial charge in [-0.15, -0.1) is 11.3 Å². The third-order valence-electron chi connectivity index (χ3n) is 5.44. The lowest BCUT2D eigenvalue weighted by molar-refractivity contribution is -0.141. The van der Waals surface area contributed by atoms with Crippen molar-refractivity contribution in [3.8, 4) is 11.3 Å². The number of thiazole rings is 1. The van der Waals surface area contributed by atoms with Crippen LogP contribution in [0.4, 0.5) is 5.13 Å². The highest BCUT2D eigenvalue weighted by atomic mass is 35.5. The number of ether oxygens (including phenoxy) is 1. The first-order valence-corrected chi connectivity index (χ1v) is 11.4. The Morgan fingerprint density at radius 1 is 1.40 bits per heavy atom. The molecule has 0 radical (unpaired) electrons. The summed E-state index contributed by atoms with van der Waals surface area (Å²) < 4.78 is 5.69. The second-order valence-electron chi connectivity index (χ2n) is 7.55. The van der Waals surface area contributed by atoms with E-state index in [4.69, 9.17) is 27.9 Å². The Morgan fingerprint density at radius 3 is 2.87 bits per heavy atom. The van der Waals surface area contributed by atoms with Gasteiger partial charge in [-0.25, -0.2) is 4.98 Å². The topological polar surface area (TPSA) is 79.7 Å². The first-order chi connectivity index (χ1) is 14.3. The molecule has 162 valence electrons. The Hall–Kier alpha value is -1.67. The van der Waals surface area contributed by atoms with Crippen molar-refractivity contribution >= 4 is 51.5 Å². The van der Waals surface area contributed by atoms with Crippen LogP contribution in [-0.4, -0.2) is 41.7 Å². The summed E-state index contributed by atoms with van der Waals surface area (Å²) in [5, 5.41) is 12.7. The molecule has 1 unspecified atom stereocenters. The van der Waals surface area contributed by atoms with Crippen LogP contribution in [0.3, 0.4) is 0 Å². The molecule has 1 N–H and O–H groups in total. The first kappa shape index (κ1) is 23.0. The zero-order valence-electron chi connectivity index (χ0n) is 16.8. The molecule has 0 aliphatic carbocycles. The van der Waals surface area contributed by atoms with E-state index >= 15 is 0 Å². The van der Waals surface area contributed by atoms with Gasteiger partial charge in [-0.2, -0.15) is 0 Å². The Morgan fingerprint density at radius 2 is 2.17 bits per heavy atom. The van der Waals surface area contributed by atoms with Gasteiger partial charge in [0.1, 0.15) is 0 Å². The van der Waals surface area contributed by atoms with Gasteiger partial charge >= 0.3 is 5.97 Å². The van der Waals surface area contributed by atoms with Crippen molar-refractivity contribution in [2.75, 3.05) is 18.6 Å². The van der Waals surface area contributed by atoms with E-state index in [1.807, 2.05) is 6.92 Å². The second-order valence-corrected chi connectivity index (χ2v) is 9.23. The molecule has 3 rings (SSSR count). The molecule has 1 aromatic heterocycles. The highest BCUT2D eigenvalue weighted by Crippen LogP contribution is 2.35. The summed E-state index contributed by atoms with van der Waals surface area (Å²) >= 11 is 13.6. The number of anilines is 1. The zero-order valence-corrected chi connectivity index (χ0v) is 19.1. The van der Waals surface area contributed by atoms with Gasteiger partial charge in [0.05, 0.1) is 23.2 Å². The van der Waals surface area contributed by atoms with Crippen LogP contribution < -0.4 is 4.90 Å². The summed E-state index contributed by atoms with van der Waals surface area (Å²) in [5.41, 5.74) is 1.30. The molecule has 1 aromatic carbocycles. The Labute approximate surface area is 189 Å². The average Bonchev–Trinajstić information content (AvgIpc) is 3.19. The van der Waals surface area contributed by atoms with Gasteiger partial charge in [-0.3, -0.25) is 14.5 Å². The standard InChI is InChI=1S/C21H24Cl2N2O4S/c1-12-13(4-3-7-29-12)8-14(9-19(26)27)20(28)25(2)21-24-18(11-30-21)16-10-15(22)5-6-17(16)23/h5-6,10-14H,3-4,7-9H2,1-2H3,(H,26,27)/t12-,13-,14?/m1/s1. The number of hydrogen-bond acceptors (Lipinski definition) is 5. The van der Waals surface area contributed by atoms with E-state index in [2.05, 4.69) is 4.98 Å². The molecule has 2 aromatic rings. The molecule has 3 atom stereocenters. The molecule has 2 heterocycles. The van der Waals surface area contributed by atoms with Crippen molar-refractivity contribution in [3.63, 3.8) is 0 Å². The molecule has 30 heavy (non-hydrogen) atoms. The van der Waals surface area contributed by atoms with Gasteiger partial charge in [-0.05, 0) is 50.3 Å². The maximum absolute atomic E-state index is 13.2. The first-order valence-electron chi connectivity index (χ1n) is 9.78. The second kappa shape index (κ2) is 10.1. The van der Waals surface area contributed by atoms with E-state index in [1.54, 1.807) is 30.6 Å². The molecule has 1 aliphatic rings. The van der Waals surface area contributed by atoms with E-state index in [0.717, 1.165) is 12.8 Å². The fraction of sp³-hybridized carbons (Fsp3) is 0.476. The van der Waals surface area contributed by atoms with Gasteiger partial charge in [0.15, 0.2) is 5.13 Å². The maximum Gasteiger partial charge on any atom is 0.304 e. The lowest BCUT2D eigenvalue weighted by Crippen LogP contribution is -2.37. The van der Waals surface area contributed by atoms with Crippen LogP contribution >= 0.6 is 34.5 Å². The quantitative estimate of drug-likeness (QED) is 0.587. The smallest absolute Gasteiger partial charge is 0.304 e. The molecule has 6 nitrogen and oxygen atoms in total. The van der Waals surface area contributed by atoms with Gasteiger partial charge in [0, 0.05) is 35.5 Å². The minimum Gasteiger partial charge on any atom is -0.481 e. The van der Waals surface area contributed by atoms with Crippen molar-refractivity contribution in [3.05, 3.63) is 33.6 Å². The highest BCUT2D eigenvalue weighted by molar-refractivity contribution is 7.14. The SMILES string of the molecule is C[C@H]1OCCC[C@@H]1CC(CC(=O)O)C(=O)N(C)c1nc(-c2cc(Cl)ccc2Cl)cs1. The number of aliphatic carboxylic acids is 1. The molecule has 0 spiro atoms. The number of carboxylic acids is 1. The lowest BCUT2D eigenvalue weighted by Gasteiger charge is -2.32. The molecular formula is C21H24Cl2N2O4S. The van der Waals surface area contributed by atoms with E-state index in [0.29, 0.717) is 39.5 Å². The minimum atomic E-state index is -0.989. The summed E-state index contributed by atoms with van der Waals surface area (Å²) in [7, 11) is 1.63. The van der Waals surface area contributed by atoms with Crippen LogP contribution in [0.1, 0.15) is 32.6 Å².